The molecule has 0 saturated heterocycles. The molecule has 1 fully saturated rings. The summed E-state index contributed by atoms with van der Waals surface area (Å²) in [5.41, 5.74) is 0.921. The van der Waals surface area contributed by atoms with Crippen molar-refractivity contribution in [1.82, 2.24) is 10.1 Å². The molecular formula is C19H26N2O4S. The van der Waals surface area contributed by atoms with Crippen LogP contribution in [-0.2, 0) is 21.7 Å². The summed E-state index contributed by atoms with van der Waals surface area (Å²) in [6.07, 6.45) is 6.11. The van der Waals surface area contributed by atoms with Crippen LogP contribution in [0.5, 0.6) is 5.75 Å². The lowest BCUT2D eigenvalue weighted by atomic mass is 9.64. The van der Waals surface area contributed by atoms with Gasteiger partial charge in [0.2, 0.25) is 5.89 Å². The van der Waals surface area contributed by atoms with Gasteiger partial charge in [0, 0.05) is 18.1 Å². The van der Waals surface area contributed by atoms with Gasteiger partial charge in [-0.3, -0.25) is 0 Å². The van der Waals surface area contributed by atoms with Crippen molar-refractivity contribution in [3.8, 4) is 5.75 Å². The summed E-state index contributed by atoms with van der Waals surface area (Å²) >= 11 is 0. The summed E-state index contributed by atoms with van der Waals surface area (Å²) in [7, 11) is -1.87. The van der Waals surface area contributed by atoms with Gasteiger partial charge in [-0.05, 0) is 42.9 Å². The van der Waals surface area contributed by atoms with Crippen LogP contribution in [0.1, 0.15) is 56.8 Å². The zero-order valence-corrected chi connectivity index (χ0v) is 16.6. The van der Waals surface area contributed by atoms with Crippen molar-refractivity contribution >= 4 is 9.84 Å². The zero-order chi connectivity index (χ0) is 18.9. The summed E-state index contributed by atoms with van der Waals surface area (Å²) in [6.45, 7) is 4.43. The number of nitrogens with zero attached hydrogens (tertiary/aromatic N) is 2. The Morgan fingerprint density at radius 2 is 2.04 bits per heavy atom. The Hall–Kier alpha value is -1.89. The molecule has 6 nitrogen and oxygen atoms in total. The quantitative estimate of drug-likeness (QED) is 0.733. The van der Waals surface area contributed by atoms with Gasteiger partial charge in [0.05, 0.1) is 7.11 Å². The molecule has 0 unspecified atom stereocenters. The molecule has 0 N–H and O–H groups in total. The van der Waals surface area contributed by atoms with E-state index in [0.29, 0.717) is 23.9 Å². The summed E-state index contributed by atoms with van der Waals surface area (Å²) in [5, 5.41) is 4.15. The Labute approximate surface area is 154 Å². The van der Waals surface area contributed by atoms with Crippen LogP contribution in [0.25, 0.3) is 0 Å². The second-order valence-electron chi connectivity index (χ2n) is 7.68. The van der Waals surface area contributed by atoms with Crippen molar-refractivity contribution in [3.05, 3.63) is 35.5 Å². The number of methoxy groups -OCH3 is 1. The lowest BCUT2D eigenvalue weighted by Crippen LogP contribution is -2.36. The van der Waals surface area contributed by atoms with E-state index in [0.717, 1.165) is 30.7 Å². The highest BCUT2D eigenvalue weighted by Gasteiger charge is 2.43. The van der Waals surface area contributed by atoms with Crippen LogP contribution in [0.3, 0.4) is 0 Å². The first-order chi connectivity index (χ1) is 12.2. The van der Waals surface area contributed by atoms with Crippen molar-refractivity contribution in [2.45, 2.75) is 56.3 Å². The minimum Gasteiger partial charge on any atom is -0.495 e. The van der Waals surface area contributed by atoms with Gasteiger partial charge in [-0.2, -0.15) is 4.98 Å². The molecule has 0 aliphatic heterocycles. The van der Waals surface area contributed by atoms with Gasteiger partial charge in [0.25, 0.3) is 0 Å². The fraction of sp³-hybridized carbons (Fsp3) is 0.579. The van der Waals surface area contributed by atoms with Crippen molar-refractivity contribution in [3.63, 3.8) is 0 Å². The van der Waals surface area contributed by atoms with Crippen molar-refractivity contribution < 1.29 is 17.7 Å². The summed E-state index contributed by atoms with van der Waals surface area (Å²) in [6, 6.07) is 5.05. The normalized spacial score (nSPS) is 16.5. The summed E-state index contributed by atoms with van der Waals surface area (Å²) in [5.74, 6) is 2.28. The highest BCUT2D eigenvalue weighted by Crippen LogP contribution is 2.47. The first kappa shape index (κ1) is 18.9. The third-order valence-corrected chi connectivity index (χ3v) is 6.16. The third kappa shape index (κ3) is 3.77. The van der Waals surface area contributed by atoms with Gasteiger partial charge in [0.1, 0.15) is 10.6 Å². The van der Waals surface area contributed by atoms with Crippen LogP contribution >= 0.6 is 0 Å². The van der Waals surface area contributed by atoms with E-state index in [4.69, 9.17) is 9.26 Å². The maximum absolute atomic E-state index is 11.8. The first-order valence-corrected chi connectivity index (χ1v) is 10.8. The highest BCUT2D eigenvalue weighted by molar-refractivity contribution is 7.90. The van der Waals surface area contributed by atoms with E-state index in [2.05, 4.69) is 24.0 Å². The van der Waals surface area contributed by atoms with Crippen LogP contribution in [0.15, 0.2) is 27.6 Å². The fourth-order valence-electron chi connectivity index (χ4n) is 3.74. The number of hydrogen-bond donors (Lipinski definition) is 0. The molecule has 1 saturated carbocycles. The molecule has 0 radical (unpaired) electrons. The molecule has 1 aliphatic carbocycles. The first-order valence-electron chi connectivity index (χ1n) is 8.93. The van der Waals surface area contributed by atoms with Gasteiger partial charge in [-0.1, -0.05) is 31.5 Å². The molecule has 1 aromatic carbocycles. The van der Waals surface area contributed by atoms with E-state index in [-0.39, 0.29) is 10.3 Å². The molecule has 0 atom stereocenters. The molecule has 0 amide bonds. The minimum atomic E-state index is -3.33. The second-order valence-corrected chi connectivity index (χ2v) is 9.67. The predicted molar refractivity (Wildman–Crippen MR) is 98.2 cm³/mol. The zero-order valence-electron chi connectivity index (χ0n) is 15.8. The molecule has 3 rings (SSSR count). The molecule has 1 aromatic heterocycles. The number of ether oxygens (including phenoxy) is 1. The molecule has 0 spiro atoms. The average Bonchev–Trinajstić information content (AvgIpc) is 2.98. The van der Waals surface area contributed by atoms with Crippen molar-refractivity contribution in [1.29, 1.82) is 0 Å². The van der Waals surface area contributed by atoms with Crippen LogP contribution < -0.4 is 4.74 Å². The van der Waals surface area contributed by atoms with Crippen molar-refractivity contribution in [2.24, 2.45) is 5.92 Å². The second kappa shape index (κ2) is 7.02. The van der Waals surface area contributed by atoms with Crippen LogP contribution in [0.2, 0.25) is 0 Å². The monoisotopic (exact) mass is 378 g/mol. The Bertz CT molecular complexity index is 883. The Balaban J connectivity index is 1.81. The molecule has 2 aromatic rings. The highest BCUT2D eigenvalue weighted by atomic mass is 32.2. The van der Waals surface area contributed by atoms with Crippen LogP contribution in [-0.4, -0.2) is 31.9 Å². The summed E-state index contributed by atoms with van der Waals surface area (Å²) in [4.78, 5) is 4.83. The smallest absolute Gasteiger partial charge is 0.232 e. The number of hydrogen-bond acceptors (Lipinski definition) is 6. The Morgan fingerprint density at radius 3 is 2.58 bits per heavy atom. The maximum atomic E-state index is 11.8. The molecule has 7 heteroatoms. The molecule has 26 heavy (non-hydrogen) atoms. The van der Waals surface area contributed by atoms with E-state index in [1.54, 1.807) is 18.2 Å². The number of benzene rings is 1. The SMILES string of the molecule is COc1cc(Cc2noc(C3(CC(C)C)CCC3)n2)ccc1S(C)(=O)=O. The summed E-state index contributed by atoms with van der Waals surface area (Å²) < 4.78 is 34.4. The molecule has 1 heterocycles. The Morgan fingerprint density at radius 1 is 1.31 bits per heavy atom. The van der Waals surface area contributed by atoms with E-state index >= 15 is 0 Å². The maximum Gasteiger partial charge on any atom is 0.232 e. The minimum absolute atomic E-state index is 0.0389. The average molecular weight is 378 g/mol. The molecular weight excluding hydrogens is 352 g/mol. The van der Waals surface area contributed by atoms with E-state index in [1.165, 1.54) is 19.8 Å². The molecule has 142 valence electrons. The number of sulfone groups is 1. The number of aromatic nitrogens is 2. The largest absolute Gasteiger partial charge is 0.495 e. The van der Waals surface area contributed by atoms with Gasteiger partial charge in [-0.15, -0.1) is 0 Å². The van der Waals surface area contributed by atoms with Gasteiger partial charge >= 0.3 is 0 Å². The van der Waals surface area contributed by atoms with Crippen LogP contribution in [0.4, 0.5) is 0 Å². The fourth-order valence-corrected chi connectivity index (χ4v) is 4.57. The number of rotatable bonds is 7. The lowest BCUT2D eigenvalue weighted by molar-refractivity contribution is 0.144. The van der Waals surface area contributed by atoms with E-state index in [1.807, 2.05) is 0 Å². The van der Waals surface area contributed by atoms with Crippen LogP contribution in [0, 0.1) is 5.92 Å². The lowest BCUT2D eigenvalue weighted by Gasteiger charge is -2.39. The van der Waals surface area contributed by atoms with Crippen molar-refractivity contribution in [2.75, 3.05) is 13.4 Å². The topological polar surface area (TPSA) is 82.3 Å². The van der Waals surface area contributed by atoms with Gasteiger partial charge in [0.15, 0.2) is 15.7 Å². The standard InChI is InChI=1S/C19H26N2O4S/c1-13(2)12-19(8-5-9-19)18-20-17(21-25-18)11-14-6-7-16(26(4,22)23)15(10-14)24-3/h6-7,10,13H,5,8-9,11-12H2,1-4H3. The molecule has 1 aliphatic rings. The van der Waals surface area contributed by atoms with Gasteiger partial charge < -0.3 is 9.26 Å². The van der Waals surface area contributed by atoms with E-state index in [9.17, 15) is 8.42 Å². The van der Waals surface area contributed by atoms with E-state index < -0.39 is 9.84 Å². The predicted octanol–water partition coefficient (Wildman–Crippen LogP) is 3.54. The molecule has 0 bridgehead atoms. The Kier molecular flexibility index (Phi) is 5.10. The third-order valence-electron chi connectivity index (χ3n) is 5.02. The van der Waals surface area contributed by atoms with Gasteiger partial charge in [-0.25, -0.2) is 8.42 Å².